The molecule has 5 rings (SSSR count). The molecule has 1 aliphatic heterocycles. The largest absolute Gasteiger partial charge is 0.341 e. The molecule has 1 atom stereocenters. The Hall–Kier alpha value is -4.00. The van der Waals surface area contributed by atoms with Gasteiger partial charge in [0.25, 0.3) is 5.91 Å². The van der Waals surface area contributed by atoms with Crippen molar-refractivity contribution in [1.82, 2.24) is 19.9 Å². The van der Waals surface area contributed by atoms with E-state index in [1.165, 1.54) is 5.56 Å². The molecule has 0 spiro atoms. The number of benzene rings is 2. The second-order valence-corrected chi connectivity index (χ2v) is 8.23. The molecule has 0 bridgehead atoms. The van der Waals surface area contributed by atoms with Crippen molar-refractivity contribution >= 4 is 28.5 Å². The van der Waals surface area contributed by atoms with Gasteiger partial charge in [-0.3, -0.25) is 14.6 Å². The Kier molecular flexibility index (Phi) is 5.60. The van der Waals surface area contributed by atoms with Crippen LogP contribution >= 0.6 is 0 Å². The fourth-order valence-corrected chi connectivity index (χ4v) is 4.44. The third-order valence-corrected chi connectivity index (χ3v) is 6.02. The molecule has 2 aromatic carbocycles. The van der Waals surface area contributed by atoms with E-state index in [1.807, 2.05) is 58.9 Å². The van der Waals surface area contributed by atoms with Crippen LogP contribution in [-0.4, -0.2) is 32.9 Å². The highest BCUT2D eigenvalue weighted by Crippen LogP contribution is 2.28. The van der Waals surface area contributed by atoms with Gasteiger partial charge in [-0.05, 0) is 55.7 Å². The summed E-state index contributed by atoms with van der Waals surface area (Å²) in [5.74, 6) is 0.368. The van der Waals surface area contributed by atoms with E-state index in [0.29, 0.717) is 18.1 Å². The Labute approximate surface area is 192 Å². The van der Waals surface area contributed by atoms with Crippen LogP contribution in [0.1, 0.15) is 41.3 Å². The van der Waals surface area contributed by atoms with E-state index in [9.17, 15) is 9.59 Å². The number of carbonyl (C=O) groups excluding carboxylic acids is 2. The van der Waals surface area contributed by atoms with Crippen LogP contribution in [0.2, 0.25) is 0 Å². The molecule has 33 heavy (non-hydrogen) atoms. The normalized spacial score (nSPS) is 14.0. The lowest BCUT2D eigenvalue weighted by Crippen LogP contribution is -2.38. The molecule has 0 saturated carbocycles. The zero-order valence-corrected chi connectivity index (χ0v) is 18.4. The molecule has 1 aliphatic rings. The van der Waals surface area contributed by atoms with E-state index in [2.05, 4.69) is 16.4 Å². The highest BCUT2D eigenvalue weighted by atomic mass is 16.2. The van der Waals surface area contributed by atoms with Crippen LogP contribution in [0.5, 0.6) is 0 Å². The van der Waals surface area contributed by atoms with Gasteiger partial charge in [0.2, 0.25) is 5.91 Å². The van der Waals surface area contributed by atoms with E-state index in [4.69, 9.17) is 4.98 Å². The van der Waals surface area contributed by atoms with Crippen molar-refractivity contribution in [3.05, 3.63) is 90.0 Å². The number of hydrogen-bond acceptors (Lipinski definition) is 4. The summed E-state index contributed by atoms with van der Waals surface area (Å²) in [5, 5.41) is 2.97. The van der Waals surface area contributed by atoms with Crippen LogP contribution in [0, 0.1) is 0 Å². The average Bonchev–Trinajstić information content (AvgIpc) is 3.22. The number of fused-ring (bicyclic) bond motifs is 2. The van der Waals surface area contributed by atoms with Gasteiger partial charge in [-0.25, -0.2) is 4.98 Å². The van der Waals surface area contributed by atoms with Crippen LogP contribution in [0.25, 0.3) is 11.0 Å². The van der Waals surface area contributed by atoms with E-state index in [1.54, 1.807) is 24.4 Å². The minimum Gasteiger partial charge on any atom is -0.341 e. The minimum atomic E-state index is -0.409. The van der Waals surface area contributed by atoms with Crippen molar-refractivity contribution in [3.63, 3.8) is 0 Å². The van der Waals surface area contributed by atoms with Gasteiger partial charge in [-0.2, -0.15) is 0 Å². The molecule has 2 amide bonds. The molecule has 0 radical (unpaired) electrons. The minimum absolute atomic E-state index is 0.00908. The van der Waals surface area contributed by atoms with Gasteiger partial charge in [0.05, 0.1) is 17.1 Å². The van der Waals surface area contributed by atoms with Crippen molar-refractivity contribution < 1.29 is 9.59 Å². The third kappa shape index (κ3) is 4.09. The Balaban J connectivity index is 1.45. The molecule has 7 nitrogen and oxygen atoms in total. The predicted molar refractivity (Wildman–Crippen MR) is 127 cm³/mol. The maximum Gasteiger partial charge on any atom is 0.270 e. The summed E-state index contributed by atoms with van der Waals surface area (Å²) in [5.41, 5.74) is 4.18. The fourth-order valence-electron chi connectivity index (χ4n) is 4.44. The zero-order valence-electron chi connectivity index (χ0n) is 18.4. The van der Waals surface area contributed by atoms with Crippen molar-refractivity contribution in [3.8, 4) is 0 Å². The molecule has 166 valence electrons. The van der Waals surface area contributed by atoms with E-state index in [0.717, 1.165) is 29.6 Å². The average molecular weight is 440 g/mol. The van der Waals surface area contributed by atoms with Gasteiger partial charge in [0.1, 0.15) is 18.1 Å². The highest BCUT2D eigenvalue weighted by molar-refractivity contribution is 5.95. The molecule has 1 N–H and O–H groups in total. The van der Waals surface area contributed by atoms with E-state index < -0.39 is 6.04 Å². The number of carbonyl (C=O) groups is 2. The lowest BCUT2D eigenvalue weighted by Gasteiger charge is -2.30. The summed E-state index contributed by atoms with van der Waals surface area (Å²) in [6, 6.07) is 20.6. The lowest BCUT2D eigenvalue weighted by atomic mass is 10.0. The third-order valence-electron chi connectivity index (χ3n) is 6.02. The molecule has 2 aromatic heterocycles. The number of imidazole rings is 1. The first kappa shape index (κ1) is 20.9. The van der Waals surface area contributed by atoms with Gasteiger partial charge in [-0.15, -0.1) is 0 Å². The number of aromatic nitrogens is 3. The number of anilines is 1. The van der Waals surface area contributed by atoms with Gasteiger partial charge in [0, 0.05) is 18.4 Å². The molecule has 7 heteroatoms. The van der Waals surface area contributed by atoms with Gasteiger partial charge in [-0.1, -0.05) is 36.4 Å². The SMILES string of the molecule is CC(NC(=O)c1ccccn1)c1nc2ccccc2n1CC(=O)N1CCCc2ccccc21. The molecule has 3 heterocycles. The summed E-state index contributed by atoms with van der Waals surface area (Å²) in [6.07, 6.45) is 3.51. The number of nitrogens with one attached hydrogen (secondary N) is 1. The number of pyridine rings is 1. The van der Waals surface area contributed by atoms with Crippen molar-refractivity contribution in [2.24, 2.45) is 0 Å². The van der Waals surface area contributed by atoms with Crippen LogP contribution in [0.3, 0.4) is 0 Å². The Morgan fingerprint density at radius 2 is 1.82 bits per heavy atom. The number of amides is 2. The van der Waals surface area contributed by atoms with Crippen LogP contribution in [0.15, 0.2) is 72.9 Å². The number of nitrogens with zero attached hydrogens (tertiary/aromatic N) is 4. The summed E-state index contributed by atoms with van der Waals surface area (Å²) in [6.45, 7) is 2.72. The number of hydrogen-bond donors (Lipinski definition) is 1. The Morgan fingerprint density at radius 3 is 2.67 bits per heavy atom. The number of para-hydroxylation sites is 3. The van der Waals surface area contributed by atoms with Crippen molar-refractivity contribution in [1.29, 1.82) is 0 Å². The van der Waals surface area contributed by atoms with Gasteiger partial charge >= 0.3 is 0 Å². The van der Waals surface area contributed by atoms with Crippen LogP contribution in [-0.2, 0) is 17.8 Å². The van der Waals surface area contributed by atoms with Crippen LogP contribution < -0.4 is 10.2 Å². The summed E-state index contributed by atoms with van der Waals surface area (Å²) >= 11 is 0. The first-order valence-corrected chi connectivity index (χ1v) is 11.2. The summed E-state index contributed by atoms with van der Waals surface area (Å²) < 4.78 is 1.91. The second-order valence-electron chi connectivity index (χ2n) is 8.23. The Morgan fingerprint density at radius 1 is 1.03 bits per heavy atom. The van der Waals surface area contributed by atoms with E-state index in [-0.39, 0.29) is 18.4 Å². The maximum absolute atomic E-state index is 13.5. The second kappa shape index (κ2) is 8.86. The quantitative estimate of drug-likeness (QED) is 0.511. The molecule has 1 unspecified atom stereocenters. The van der Waals surface area contributed by atoms with Crippen molar-refractivity contribution in [2.75, 3.05) is 11.4 Å². The standard InChI is InChI=1S/C26H25N5O2/c1-18(28-26(33)21-12-6-7-15-27-21)25-29-20-11-3-5-14-23(20)31(25)17-24(32)30-16-8-10-19-9-2-4-13-22(19)30/h2-7,9,11-15,18H,8,10,16-17H2,1H3,(H,28,33). The monoisotopic (exact) mass is 439 g/mol. The highest BCUT2D eigenvalue weighted by Gasteiger charge is 2.25. The summed E-state index contributed by atoms with van der Waals surface area (Å²) in [4.78, 5) is 36.9. The first-order chi connectivity index (χ1) is 16.1. The number of aryl methyl sites for hydroxylation is 1. The lowest BCUT2D eigenvalue weighted by molar-refractivity contribution is -0.119. The summed E-state index contributed by atoms with van der Waals surface area (Å²) in [7, 11) is 0. The smallest absolute Gasteiger partial charge is 0.270 e. The number of rotatable bonds is 5. The molecular weight excluding hydrogens is 414 g/mol. The first-order valence-electron chi connectivity index (χ1n) is 11.2. The molecule has 0 aliphatic carbocycles. The zero-order chi connectivity index (χ0) is 22.8. The molecule has 0 fully saturated rings. The maximum atomic E-state index is 13.5. The van der Waals surface area contributed by atoms with Gasteiger partial charge in [0.15, 0.2) is 0 Å². The fraction of sp³-hybridized carbons (Fsp3) is 0.231. The van der Waals surface area contributed by atoms with Crippen molar-refractivity contribution in [2.45, 2.75) is 32.4 Å². The topological polar surface area (TPSA) is 80.1 Å². The van der Waals surface area contributed by atoms with Crippen LogP contribution in [0.4, 0.5) is 5.69 Å². The predicted octanol–water partition coefficient (Wildman–Crippen LogP) is 3.90. The molecule has 4 aromatic rings. The molecule has 0 saturated heterocycles. The Bertz CT molecular complexity index is 1310. The van der Waals surface area contributed by atoms with Gasteiger partial charge < -0.3 is 14.8 Å². The molecular formula is C26H25N5O2. The van der Waals surface area contributed by atoms with E-state index >= 15 is 0 Å².